The molecule has 2 nitrogen and oxygen atoms in total. The highest BCUT2D eigenvalue weighted by molar-refractivity contribution is 14.1. The Balaban J connectivity index is 2.56. The van der Waals surface area contributed by atoms with Gasteiger partial charge in [-0.3, -0.25) is 4.79 Å². The van der Waals surface area contributed by atoms with E-state index in [-0.39, 0.29) is 17.9 Å². The Bertz CT molecular complexity index is 351. The fourth-order valence-electron chi connectivity index (χ4n) is 1.22. The van der Waals surface area contributed by atoms with E-state index >= 15 is 0 Å². The maximum Gasteiger partial charge on any atom is 0.224 e. The van der Waals surface area contributed by atoms with Crippen molar-refractivity contribution in [3.63, 3.8) is 0 Å². The molecule has 0 bridgehead atoms. The molecule has 0 saturated heterocycles. The minimum absolute atomic E-state index is 0.172. The van der Waals surface area contributed by atoms with Crippen molar-refractivity contribution in [1.82, 2.24) is 5.32 Å². The molecule has 0 unspecified atom stereocenters. The van der Waals surface area contributed by atoms with E-state index in [0.29, 0.717) is 6.54 Å². The molecule has 16 heavy (non-hydrogen) atoms. The number of hydrogen-bond acceptors (Lipinski definition) is 1. The van der Waals surface area contributed by atoms with E-state index in [2.05, 4.69) is 27.9 Å². The van der Waals surface area contributed by atoms with Crippen LogP contribution in [-0.4, -0.2) is 16.9 Å². The average molecular weight is 339 g/mol. The first kappa shape index (κ1) is 13.3. The van der Waals surface area contributed by atoms with E-state index in [1.54, 1.807) is 0 Å². The first-order valence-corrected chi connectivity index (χ1v) is 6.43. The van der Waals surface area contributed by atoms with Crippen LogP contribution in [0.1, 0.15) is 12.0 Å². The number of halogens is 3. The van der Waals surface area contributed by atoms with Crippen LogP contribution in [0, 0.1) is 11.6 Å². The molecule has 88 valence electrons. The molecule has 5 heteroatoms. The summed E-state index contributed by atoms with van der Waals surface area (Å²) < 4.78 is 27.3. The van der Waals surface area contributed by atoms with Gasteiger partial charge in [-0.25, -0.2) is 8.78 Å². The Labute approximate surface area is 107 Å². The molecule has 0 fully saturated rings. The van der Waals surface area contributed by atoms with Crippen LogP contribution in [0.2, 0.25) is 0 Å². The zero-order chi connectivity index (χ0) is 12.0. The Morgan fingerprint density at radius 1 is 1.31 bits per heavy atom. The smallest absolute Gasteiger partial charge is 0.224 e. The number of nitrogens with one attached hydrogen (secondary N) is 1. The van der Waals surface area contributed by atoms with Crippen LogP contribution in [0.25, 0.3) is 0 Å². The van der Waals surface area contributed by atoms with Crippen LogP contribution in [0.4, 0.5) is 8.78 Å². The summed E-state index contributed by atoms with van der Waals surface area (Å²) in [5.41, 5.74) is -0.172. The zero-order valence-electron chi connectivity index (χ0n) is 8.60. The normalized spacial score (nSPS) is 10.2. The third kappa shape index (κ3) is 4.03. The molecular formula is C11H12F2INO. The predicted molar refractivity (Wildman–Crippen MR) is 66.6 cm³/mol. The molecule has 0 radical (unpaired) electrons. The summed E-state index contributed by atoms with van der Waals surface area (Å²) in [5, 5.41) is 2.61. The van der Waals surface area contributed by atoms with Gasteiger partial charge in [0.05, 0.1) is 6.42 Å². The lowest BCUT2D eigenvalue weighted by molar-refractivity contribution is -0.120. The highest BCUT2D eigenvalue weighted by atomic mass is 127. The standard InChI is InChI=1S/C11H12F2INO/c12-9-3-1-4-10(13)8(9)7-11(16)15-6-2-5-14/h1,3-4H,2,5-7H2,(H,15,16). The van der Waals surface area contributed by atoms with Gasteiger partial charge in [0.15, 0.2) is 0 Å². The van der Waals surface area contributed by atoms with Crippen LogP contribution in [0.15, 0.2) is 18.2 Å². The molecule has 0 aliphatic carbocycles. The van der Waals surface area contributed by atoms with Gasteiger partial charge in [0.25, 0.3) is 0 Å². The lowest BCUT2D eigenvalue weighted by atomic mass is 10.1. The summed E-state index contributed by atoms with van der Waals surface area (Å²) >= 11 is 2.20. The molecule has 1 N–H and O–H groups in total. The van der Waals surface area contributed by atoms with Gasteiger partial charge in [-0.15, -0.1) is 0 Å². The quantitative estimate of drug-likeness (QED) is 0.498. The van der Waals surface area contributed by atoms with Gasteiger partial charge >= 0.3 is 0 Å². The first-order valence-electron chi connectivity index (χ1n) is 4.90. The molecule has 0 saturated carbocycles. The van der Waals surface area contributed by atoms with Crippen LogP contribution in [0.3, 0.4) is 0 Å². The summed E-state index contributed by atoms with van der Waals surface area (Å²) in [7, 11) is 0. The third-order valence-corrected chi connectivity index (χ3v) is 2.79. The number of hydrogen-bond donors (Lipinski definition) is 1. The molecule has 1 rings (SSSR count). The van der Waals surface area contributed by atoms with Crippen molar-refractivity contribution in [2.24, 2.45) is 0 Å². The van der Waals surface area contributed by atoms with Gasteiger partial charge in [0.2, 0.25) is 5.91 Å². The molecule has 0 aliphatic heterocycles. The highest BCUT2D eigenvalue weighted by Crippen LogP contribution is 2.12. The second kappa shape index (κ2) is 6.78. The molecule has 1 aromatic rings. The maximum absolute atomic E-state index is 13.2. The SMILES string of the molecule is O=C(Cc1c(F)cccc1F)NCCCI. The van der Waals surface area contributed by atoms with Crippen molar-refractivity contribution in [1.29, 1.82) is 0 Å². The Hall–Kier alpha value is -0.720. The highest BCUT2D eigenvalue weighted by Gasteiger charge is 2.12. The number of amides is 1. The molecule has 0 aromatic heterocycles. The van der Waals surface area contributed by atoms with Gasteiger partial charge in [-0.1, -0.05) is 28.7 Å². The number of benzene rings is 1. The van der Waals surface area contributed by atoms with E-state index in [0.717, 1.165) is 23.0 Å². The van der Waals surface area contributed by atoms with Crippen molar-refractivity contribution in [3.8, 4) is 0 Å². The van der Waals surface area contributed by atoms with Crippen molar-refractivity contribution >= 4 is 28.5 Å². The molecule has 1 aromatic carbocycles. The Kier molecular flexibility index (Phi) is 5.65. The third-order valence-electron chi connectivity index (χ3n) is 2.03. The molecule has 0 spiro atoms. The van der Waals surface area contributed by atoms with Gasteiger partial charge in [-0.2, -0.15) is 0 Å². The second-order valence-electron chi connectivity index (χ2n) is 3.27. The van der Waals surface area contributed by atoms with E-state index < -0.39 is 11.6 Å². The van der Waals surface area contributed by atoms with Crippen LogP contribution in [0.5, 0.6) is 0 Å². The Morgan fingerprint density at radius 3 is 2.50 bits per heavy atom. The summed E-state index contributed by atoms with van der Waals surface area (Å²) in [6, 6.07) is 3.58. The van der Waals surface area contributed by atoms with Crippen molar-refractivity contribution in [2.75, 3.05) is 11.0 Å². The summed E-state index contributed by atoms with van der Waals surface area (Å²) in [6.07, 6.45) is 0.603. The summed E-state index contributed by atoms with van der Waals surface area (Å²) in [6.45, 7) is 0.540. The number of alkyl halides is 1. The molecule has 0 heterocycles. The van der Waals surface area contributed by atoms with E-state index in [1.807, 2.05) is 0 Å². The van der Waals surface area contributed by atoms with Crippen LogP contribution in [-0.2, 0) is 11.2 Å². The van der Waals surface area contributed by atoms with Crippen molar-refractivity contribution < 1.29 is 13.6 Å². The Morgan fingerprint density at radius 2 is 1.94 bits per heavy atom. The van der Waals surface area contributed by atoms with Crippen LogP contribution >= 0.6 is 22.6 Å². The zero-order valence-corrected chi connectivity index (χ0v) is 10.8. The minimum atomic E-state index is -0.677. The second-order valence-corrected chi connectivity index (χ2v) is 4.35. The maximum atomic E-state index is 13.2. The lowest BCUT2D eigenvalue weighted by Gasteiger charge is -2.05. The topological polar surface area (TPSA) is 29.1 Å². The van der Waals surface area contributed by atoms with Gasteiger partial charge in [-0.05, 0) is 18.6 Å². The van der Waals surface area contributed by atoms with E-state index in [4.69, 9.17) is 0 Å². The van der Waals surface area contributed by atoms with Gasteiger partial charge in [0.1, 0.15) is 11.6 Å². The van der Waals surface area contributed by atoms with Crippen molar-refractivity contribution in [3.05, 3.63) is 35.4 Å². The van der Waals surface area contributed by atoms with E-state index in [1.165, 1.54) is 6.07 Å². The van der Waals surface area contributed by atoms with Gasteiger partial charge in [0, 0.05) is 16.5 Å². The lowest BCUT2D eigenvalue weighted by Crippen LogP contribution is -2.27. The predicted octanol–water partition coefficient (Wildman–Crippen LogP) is 2.45. The van der Waals surface area contributed by atoms with E-state index in [9.17, 15) is 13.6 Å². The number of carbonyl (C=O) groups excluding carboxylic acids is 1. The van der Waals surface area contributed by atoms with Crippen molar-refractivity contribution in [2.45, 2.75) is 12.8 Å². The number of rotatable bonds is 5. The monoisotopic (exact) mass is 339 g/mol. The molecule has 0 atom stereocenters. The molecule has 1 amide bonds. The first-order chi connectivity index (χ1) is 7.65. The molecular weight excluding hydrogens is 327 g/mol. The average Bonchev–Trinajstić information content (AvgIpc) is 2.24. The molecule has 0 aliphatic rings. The summed E-state index contributed by atoms with van der Waals surface area (Å²) in [5.74, 6) is -1.71. The fourth-order valence-corrected chi connectivity index (χ4v) is 1.60. The van der Waals surface area contributed by atoms with Gasteiger partial charge < -0.3 is 5.32 Å². The summed E-state index contributed by atoms with van der Waals surface area (Å²) in [4.78, 5) is 11.3. The minimum Gasteiger partial charge on any atom is -0.356 e. The largest absolute Gasteiger partial charge is 0.356 e. The number of carbonyl (C=O) groups is 1. The fraction of sp³-hybridized carbons (Fsp3) is 0.364. The van der Waals surface area contributed by atoms with Crippen LogP contribution < -0.4 is 5.32 Å².